The number of hydrogen-bond acceptors (Lipinski definition) is 6. The maximum Gasteiger partial charge on any atom is 0.149 e. The predicted octanol–water partition coefficient (Wildman–Crippen LogP) is 17.4. The molecule has 0 spiro atoms. The van der Waals surface area contributed by atoms with Crippen molar-refractivity contribution in [1.29, 1.82) is 0 Å². The molecule has 6 heterocycles. The molecule has 0 atom stereocenters. The average Bonchev–Trinajstić information content (AvgIpc) is 4.07. The van der Waals surface area contributed by atoms with Gasteiger partial charge in [0, 0.05) is 60.2 Å². The summed E-state index contributed by atoms with van der Waals surface area (Å²) in [4.78, 5) is 5.28. The molecule has 6 aromatic heterocycles. The van der Waals surface area contributed by atoms with E-state index in [9.17, 15) is 0 Å². The van der Waals surface area contributed by atoms with Crippen LogP contribution in [0.4, 0.5) is 17.6 Å². The van der Waals surface area contributed by atoms with Gasteiger partial charge in [0.2, 0.25) is 0 Å². The summed E-state index contributed by atoms with van der Waals surface area (Å²) in [6, 6.07) is 39.4. The highest BCUT2D eigenvalue weighted by Gasteiger charge is 2.23. The first-order valence-corrected chi connectivity index (χ1v) is 22.4. The molecule has 0 saturated heterocycles. The van der Waals surface area contributed by atoms with Crippen molar-refractivity contribution in [3.05, 3.63) is 145 Å². The first kappa shape index (κ1) is 33.2. The molecule has 268 valence electrons. The van der Waals surface area contributed by atoms with Crippen molar-refractivity contribution in [2.24, 2.45) is 0 Å². The molecule has 12 rings (SSSR count). The molecule has 10 heteroatoms. The second-order valence-corrected chi connectivity index (χ2v) is 20.1. The largest absolute Gasteiger partial charge is 0.205 e. The molecule has 0 unspecified atom stereocenters. The minimum atomic E-state index is -0.375. The topological polar surface area (TPSA) is 0 Å². The van der Waals surface area contributed by atoms with E-state index in [1.165, 1.54) is 45.3 Å². The van der Waals surface area contributed by atoms with Gasteiger partial charge in [-0.3, -0.25) is 0 Å². The van der Waals surface area contributed by atoms with Crippen LogP contribution < -0.4 is 0 Å². The first-order valence-electron chi connectivity index (χ1n) is 17.6. The van der Waals surface area contributed by atoms with Gasteiger partial charge in [-0.05, 0) is 93.3 Å². The summed E-state index contributed by atoms with van der Waals surface area (Å²) in [5.41, 5.74) is 1.88. The fourth-order valence-electron chi connectivity index (χ4n) is 7.66. The summed E-state index contributed by atoms with van der Waals surface area (Å²) < 4.78 is 67.4. The van der Waals surface area contributed by atoms with Crippen molar-refractivity contribution in [2.45, 2.75) is 0 Å². The number of fused-ring (bicyclic) bond motifs is 7. The fraction of sp³-hybridized carbons (Fsp3) is 0. The highest BCUT2D eigenvalue weighted by Crippen LogP contribution is 2.49. The zero-order chi connectivity index (χ0) is 37.4. The van der Waals surface area contributed by atoms with Crippen LogP contribution in [0.15, 0.2) is 121 Å². The van der Waals surface area contributed by atoms with Gasteiger partial charge in [0.15, 0.2) is 0 Å². The maximum atomic E-state index is 16.0. The Morgan fingerprint density at radius 1 is 0.286 bits per heavy atom. The van der Waals surface area contributed by atoms with E-state index in [1.54, 1.807) is 46.9 Å². The summed E-state index contributed by atoms with van der Waals surface area (Å²) in [6.45, 7) is 0. The van der Waals surface area contributed by atoms with E-state index in [2.05, 4.69) is 36.4 Å². The smallest absolute Gasteiger partial charge is 0.149 e. The van der Waals surface area contributed by atoms with E-state index >= 15 is 17.6 Å². The zero-order valence-corrected chi connectivity index (χ0v) is 33.4. The molecule has 0 amide bonds. The fourth-order valence-corrected chi connectivity index (χ4v) is 14.4. The minimum Gasteiger partial charge on any atom is -0.205 e. The number of halogens is 4. The predicted molar refractivity (Wildman–Crippen MR) is 238 cm³/mol. The van der Waals surface area contributed by atoms with E-state index in [1.807, 2.05) is 60.7 Å². The lowest BCUT2D eigenvalue weighted by molar-refractivity contribution is 0.638. The lowest BCUT2D eigenvalue weighted by Gasteiger charge is -1.99. The van der Waals surface area contributed by atoms with Gasteiger partial charge in [0.25, 0.3) is 0 Å². The second-order valence-electron chi connectivity index (χ2n) is 13.8. The normalized spacial score (nSPS) is 12.3. The second kappa shape index (κ2) is 12.3. The van der Waals surface area contributed by atoms with Crippen molar-refractivity contribution in [3.63, 3.8) is 0 Å². The SMILES string of the molecule is Fc1c2cc(-c3cc4cc5cc6sc(-c7cc8c(F)c9sc(-c%10ccccc%10)cc9c(F)c8s7)cc6cc5cc4s3)sc2c(F)c2cc(-c3ccccc3)sc12. The molecule has 0 radical (unpaired) electrons. The lowest BCUT2D eigenvalue weighted by atomic mass is 10.1. The molecule has 0 aliphatic heterocycles. The van der Waals surface area contributed by atoms with Crippen LogP contribution in [0, 0.1) is 23.3 Å². The molecule has 0 saturated carbocycles. The molecule has 0 bridgehead atoms. The highest BCUT2D eigenvalue weighted by atomic mass is 32.1. The molecule has 0 fully saturated rings. The number of thiophene rings is 6. The molecule has 0 aliphatic carbocycles. The van der Waals surface area contributed by atoms with Gasteiger partial charge in [-0.2, -0.15) is 0 Å². The van der Waals surface area contributed by atoms with Crippen LogP contribution in [0.2, 0.25) is 0 Å². The lowest BCUT2D eigenvalue weighted by Crippen LogP contribution is -1.81. The van der Waals surface area contributed by atoms with Crippen LogP contribution in [0.1, 0.15) is 0 Å². The molecule has 12 aromatic rings. The summed E-state index contributed by atoms with van der Waals surface area (Å²) >= 11 is 8.38. The number of rotatable bonds is 4. The number of benzene rings is 6. The van der Waals surface area contributed by atoms with E-state index in [4.69, 9.17) is 0 Å². The van der Waals surface area contributed by atoms with Crippen LogP contribution >= 0.6 is 68.0 Å². The quantitative estimate of drug-likeness (QED) is 0.155. The highest BCUT2D eigenvalue weighted by molar-refractivity contribution is 7.29. The van der Waals surface area contributed by atoms with E-state index in [-0.39, 0.29) is 23.3 Å². The van der Waals surface area contributed by atoms with Gasteiger partial charge in [-0.15, -0.1) is 68.0 Å². The van der Waals surface area contributed by atoms with Crippen molar-refractivity contribution in [3.8, 4) is 40.4 Å². The molecule has 0 N–H and O–H groups in total. The first-order chi connectivity index (χ1) is 27.3. The molecule has 0 nitrogen and oxygen atoms in total. The van der Waals surface area contributed by atoms with Gasteiger partial charge >= 0.3 is 0 Å². The van der Waals surface area contributed by atoms with E-state index < -0.39 is 0 Å². The van der Waals surface area contributed by atoms with Crippen LogP contribution in [0.25, 0.3) is 112 Å². The van der Waals surface area contributed by atoms with Crippen LogP contribution in [-0.4, -0.2) is 0 Å². The third-order valence-corrected chi connectivity index (χ3v) is 17.6. The molecule has 6 aromatic carbocycles. The Balaban J connectivity index is 0.901. The summed E-state index contributed by atoms with van der Waals surface area (Å²) in [5, 5.41) is 5.55. The minimum absolute atomic E-state index is 0.316. The summed E-state index contributed by atoms with van der Waals surface area (Å²) in [7, 11) is 0. The molecule has 0 aliphatic rings. The van der Waals surface area contributed by atoms with Gasteiger partial charge in [0.1, 0.15) is 23.3 Å². The Labute approximate surface area is 339 Å². The van der Waals surface area contributed by atoms with E-state index in [0.717, 1.165) is 71.3 Å². The van der Waals surface area contributed by atoms with Gasteiger partial charge < -0.3 is 0 Å². The molecular weight excluding hydrogens is 821 g/mol. The van der Waals surface area contributed by atoms with Crippen molar-refractivity contribution in [2.75, 3.05) is 0 Å². The summed E-state index contributed by atoms with van der Waals surface area (Å²) in [5.74, 6) is -1.50. The maximum absolute atomic E-state index is 16.0. The zero-order valence-electron chi connectivity index (χ0n) is 28.5. The standard InChI is InChI=1S/C46H20F4S6/c47-39-27-17-33(21-7-3-1-4-8-21)53-43(27)41(49)29-19-37(55-45(29)39)35-15-25-11-23-14-32-26(12-24(23)13-31(25)51-35)16-36(52-32)38-20-30-42(50)44-28(40(48)46(30)56-38)18-34(54-44)22-9-5-2-6-10-22/h1-20H. The average molecular weight is 841 g/mol. The van der Waals surface area contributed by atoms with Crippen LogP contribution in [0.3, 0.4) is 0 Å². The van der Waals surface area contributed by atoms with E-state index in [0.29, 0.717) is 40.3 Å². The Kier molecular flexibility index (Phi) is 7.28. The Morgan fingerprint density at radius 3 is 0.982 bits per heavy atom. The van der Waals surface area contributed by atoms with Crippen LogP contribution in [-0.2, 0) is 0 Å². The monoisotopic (exact) mass is 840 g/mol. The van der Waals surface area contributed by atoms with Crippen LogP contribution in [0.5, 0.6) is 0 Å². The third kappa shape index (κ3) is 4.97. The summed E-state index contributed by atoms with van der Waals surface area (Å²) in [6.07, 6.45) is 0. The Hall–Kier alpha value is -4.94. The number of hydrogen-bond donors (Lipinski definition) is 0. The van der Waals surface area contributed by atoms with Gasteiger partial charge in [-0.25, -0.2) is 17.6 Å². The van der Waals surface area contributed by atoms with Gasteiger partial charge in [-0.1, -0.05) is 60.7 Å². The third-order valence-electron chi connectivity index (χ3n) is 10.4. The van der Waals surface area contributed by atoms with Gasteiger partial charge in [0.05, 0.1) is 18.8 Å². The Morgan fingerprint density at radius 2 is 0.607 bits per heavy atom. The molecular formula is C46H20F4S6. The Bertz CT molecular complexity index is 3160. The van der Waals surface area contributed by atoms with Crippen molar-refractivity contribution in [1.82, 2.24) is 0 Å². The molecule has 56 heavy (non-hydrogen) atoms. The van der Waals surface area contributed by atoms with Crippen molar-refractivity contribution >= 4 is 139 Å². The van der Waals surface area contributed by atoms with Crippen molar-refractivity contribution < 1.29 is 17.6 Å².